The molecule has 0 saturated heterocycles. The van der Waals surface area contributed by atoms with E-state index in [1.807, 2.05) is 0 Å². The Morgan fingerprint density at radius 1 is 0.833 bits per heavy atom. The van der Waals surface area contributed by atoms with E-state index in [9.17, 15) is 0 Å². The molecule has 0 bridgehead atoms. The first-order valence-electron chi connectivity index (χ1n) is 7.78. The highest BCUT2D eigenvalue weighted by atomic mass is 79.9. The fraction of sp³-hybridized carbons (Fsp3) is 0.316. The average Bonchev–Trinajstić information content (AvgIpc) is 2.85. The molecule has 0 unspecified atom stereocenters. The SMILES string of the molecule is Cc1cc(Br)cc(C)c1N1C=[N+](c2c(C)cc(Br)cc2C)CC1.[Cl-]. The van der Waals surface area contributed by atoms with Crippen molar-refractivity contribution in [3.63, 3.8) is 0 Å². The molecule has 0 aliphatic carbocycles. The number of benzene rings is 2. The van der Waals surface area contributed by atoms with Crippen molar-refractivity contribution in [3.05, 3.63) is 55.5 Å². The minimum absolute atomic E-state index is 0. The summed E-state index contributed by atoms with van der Waals surface area (Å²) in [6, 6.07) is 8.76. The number of halogens is 3. The normalized spacial score (nSPS) is 13.8. The Kier molecular flexibility index (Phi) is 6.16. The number of aryl methyl sites for hydroxylation is 4. The van der Waals surface area contributed by atoms with E-state index in [1.54, 1.807) is 0 Å². The molecule has 5 heteroatoms. The minimum atomic E-state index is 0. The van der Waals surface area contributed by atoms with Gasteiger partial charge in [0.1, 0.15) is 24.5 Å². The third kappa shape index (κ3) is 3.71. The molecule has 0 radical (unpaired) electrons. The summed E-state index contributed by atoms with van der Waals surface area (Å²) in [5, 5.41) is 0. The maximum absolute atomic E-state index is 3.59. The van der Waals surface area contributed by atoms with E-state index >= 15 is 0 Å². The Labute approximate surface area is 167 Å². The quantitative estimate of drug-likeness (QED) is 0.609. The second-order valence-corrected chi connectivity index (χ2v) is 8.11. The average molecular weight is 473 g/mol. The third-order valence-electron chi connectivity index (χ3n) is 4.35. The number of anilines is 1. The standard InChI is InChI=1S/C19H21Br2N2.ClH/c1-12-7-16(20)8-13(2)18(12)22-5-6-23(11-22)19-14(3)9-17(21)10-15(19)4;/h7-11H,5-6H2,1-4H3;1H/q+1;/p-1. The molecule has 0 atom stereocenters. The Balaban J connectivity index is 0.00000208. The molecule has 2 nitrogen and oxygen atoms in total. The predicted octanol–water partition coefficient (Wildman–Crippen LogP) is 2.64. The smallest absolute Gasteiger partial charge is 0.244 e. The first kappa shape index (κ1) is 19.5. The molecule has 1 aliphatic rings. The lowest BCUT2D eigenvalue weighted by molar-refractivity contribution is -0.425. The summed E-state index contributed by atoms with van der Waals surface area (Å²) in [5.74, 6) is 0. The second kappa shape index (κ2) is 7.59. The van der Waals surface area contributed by atoms with Gasteiger partial charge in [0.05, 0.1) is 0 Å². The molecular weight excluding hydrogens is 451 g/mol. The summed E-state index contributed by atoms with van der Waals surface area (Å²) in [6.07, 6.45) is 2.26. The molecule has 24 heavy (non-hydrogen) atoms. The van der Waals surface area contributed by atoms with Gasteiger partial charge in [-0.2, -0.15) is 0 Å². The van der Waals surface area contributed by atoms with Crippen molar-refractivity contribution in [3.8, 4) is 0 Å². The Morgan fingerprint density at radius 3 is 1.79 bits per heavy atom. The van der Waals surface area contributed by atoms with Crippen LogP contribution in [0.4, 0.5) is 11.4 Å². The summed E-state index contributed by atoms with van der Waals surface area (Å²) in [6.45, 7) is 10.7. The number of nitrogens with zero attached hydrogens (tertiary/aromatic N) is 2. The van der Waals surface area contributed by atoms with Crippen LogP contribution < -0.4 is 17.3 Å². The molecule has 0 aromatic heterocycles. The van der Waals surface area contributed by atoms with E-state index in [-0.39, 0.29) is 12.4 Å². The molecule has 3 rings (SSSR count). The fourth-order valence-electron chi connectivity index (χ4n) is 3.55. The molecule has 0 fully saturated rings. The molecular formula is C19H21Br2ClN2. The van der Waals surface area contributed by atoms with Gasteiger partial charge < -0.3 is 12.4 Å². The van der Waals surface area contributed by atoms with Crippen LogP contribution in [-0.4, -0.2) is 24.0 Å². The van der Waals surface area contributed by atoms with Gasteiger partial charge in [0.15, 0.2) is 0 Å². The molecule has 0 amide bonds. The molecule has 0 saturated carbocycles. The van der Waals surface area contributed by atoms with Crippen molar-refractivity contribution in [1.29, 1.82) is 0 Å². The number of hydrogen-bond donors (Lipinski definition) is 0. The molecule has 1 aliphatic heterocycles. The van der Waals surface area contributed by atoms with Crippen molar-refractivity contribution in [1.82, 2.24) is 0 Å². The second-order valence-electron chi connectivity index (χ2n) is 6.28. The van der Waals surface area contributed by atoms with Crippen molar-refractivity contribution < 1.29 is 17.0 Å². The van der Waals surface area contributed by atoms with Crippen molar-refractivity contribution >= 4 is 49.6 Å². The van der Waals surface area contributed by atoms with Crippen molar-refractivity contribution in [2.45, 2.75) is 27.7 Å². The highest BCUT2D eigenvalue weighted by Crippen LogP contribution is 2.32. The summed E-state index contributed by atoms with van der Waals surface area (Å²) in [4.78, 5) is 2.37. The van der Waals surface area contributed by atoms with Crippen LogP contribution in [-0.2, 0) is 0 Å². The van der Waals surface area contributed by atoms with E-state index in [0.29, 0.717) is 0 Å². The highest BCUT2D eigenvalue weighted by molar-refractivity contribution is 9.10. The molecule has 2 aromatic rings. The van der Waals surface area contributed by atoms with Crippen LogP contribution in [0.15, 0.2) is 33.2 Å². The zero-order chi connectivity index (χ0) is 16.7. The van der Waals surface area contributed by atoms with Gasteiger partial charge >= 0.3 is 0 Å². The predicted molar refractivity (Wildman–Crippen MR) is 105 cm³/mol. The lowest BCUT2D eigenvalue weighted by Gasteiger charge is -2.13. The van der Waals surface area contributed by atoms with Crippen LogP contribution in [0.2, 0.25) is 0 Å². The first-order chi connectivity index (χ1) is 10.9. The zero-order valence-electron chi connectivity index (χ0n) is 14.3. The summed E-state index contributed by atoms with van der Waals surface area (Å²) < 4.78 is 4.66. The summed E-state index contributed by atoms with van der Waals surface area (Å²) in [7, 11) is 0. The van der Waals surface area contributed by atoms with Crippen LogP contribution in [0, 0.1) is 27.7 Å². The topological polar surface area (TPSA) is 6.25 Å². The van der Waals surface area contributed by atoms with Gasteiger partial charge in [0.2, 0.25) is 6.34 Å². The Hall–Kier alpha value is -0.840. The van der Waals surface area contributed by atoms with Crippen LogP contribution in [0.5, 0.6) is 0 Å². The first-order valence-corrected chi connectivity index (χ1v) is 9.37. The lowest BCUT2D eigenvalue weighted by Crippen LogP contribution is -3.00. The van der Waals surface area contributed by atoms with Crippen molar-refractivity contribution in [2.24, 2.45) is 0 Å². The maximum Gasteiger partial charge on any atom is 0.244 e. The van der Waals surface area contributed by atoms with Gasteiger partial charge in [0.25, 0.3) is 0 Å². The van der Waals surface area contributed by atoms with E-state index in [4.69, 9.17) is 0 Å². The van der Waals surface area contributed by atoms with Gasteiger partial charge in [-0.3, -0.25) is 0 Å². The lowest BCUT2D eigenvalue weighted by atomic mass is 10.1. The van der Waals surface area contributed by atoms with Gasteiger partial charge in [-0.1, -0.05) is 31.9 Å². The maximum atomic E-state index is 3.59. The largest absolute Gasteiger partial charge is 1.00 e. The molecule has 1 heterocycles. The summed E-state index contributed by atoms with van der Waals surface area (Å²) in [5.41, 5.74) is 7.86. The van der Waals surface area contributed by atoms with Gasteiger partial charge in [-0.15, -0.1) is 0 Å². The molecule has 128 valence electrons. The van der Waals surface area contributed by atoms with Crippen LogP contribution >= 0.6 is 31.9 Å². The Bertz CT molecular complexity index is 769. The van der Waals surface area contributed by atoms with E-state index in [2.05, 4.69) is 99.6 Å². The summed E-state index contributed by atoms with van der Waals surface area (Å²) >= 11 is 7.17. The highest BCUT2D eigenvalue weighted by Gasteiger charge is 2.27. The molecule has 0 N–H and O–H groups in total. The number of rotatable bonds is 2. The monoisotopic (exact) mass is 470 g/mol. The van der Waals surface area contributed by atoms with E-state index in [0.717, 1.165) is 22.0 Å². The van der Waals surface area contributed by atoms with Crippen molar-refractivity contribution in [2.75, 3.05) is 18.0 Å². The zero-order valence-corrected chi connectivity index (χ0v) is 18.3. The van der Waals surface area contributed by atoms with Gasteiger partial charge in [-0.25, -0.2) is 9.48 Å². The third-order valence-corrected chi connectivity index (χ3v) is 5.26. The van der Waals surface area contributed by atoms with Crippen LogP contribution in [0.3, 0.4) is 0 Å². The number of hydrogen-bond acceptors (Lipinski definition) is 1. The van der Waals surface area contributed by atoms with Gasteiger partial charge in [0, 0.05) is 8.95 Å². The molecule has 0 spiro atoms. The van der Waals surface area contributed by atoms with E-state index in [1.165, 1.54) is 33.6 Å². The molecule has 2 aromatic carbocycles. The fourth-order valence-corrected chi connectivity index (χ4v) is 4.92. The van der Waals surface area contributed by atoms with Gasteiger partial charge in [-0.05, 0) is 74.2 Å². The Morgan fingerprint density at radius 2 is 1.29 bits per heavy atom. The minimum Gasteiger partial charge on any atom is -1.00 e. The van der Waals surface area contributed by atoms with E-state index < -0.39 is 0 Å². The van der Waals surface area contributed by atoms with Crippen LogP contribution in [0.1, 0.15) is 22.3 Å². The van der Waals surface area contributed by atoms with Crippen LogP contribution in [0.25, 0.3) is 0 Å².